The minimum atomic E-state index is -3.85. The lowest BCUT2D eigenvalue weighted by atomic mass is 10.2. The lowest BCUT2D eigenvalue weighted by Gasteiger charge is -2.12. The normalized spacial score (nSPS) is 11.1. The van der Waals surface area contributed by atoms with E-state index in [9.17, 15) is 8.42 Å². The average Bonchev–Trinajstić information content (AvgIpc) is 2.65. The Hall–Kier alpha value is -3.13. The number of hydrogen-bond donors (Lipinski definition) is 2. The second kappa shape index (κ2) is 7.63. The van der Waals surface area contributed by atoms with Crippen LogP contribution >= 0.6 is 0 Å². The molecule has 0 fully saturated rings. The Morgan fingerprint density at radius 2 is 1.48 bits per heavy atom. The van der Waals surface area contributed by atoms with Gasteiger partial charge in [-0.15, -0.1) is 10.2 Å². The fourth-order valence-corrected chi connectivity index (χ4v) is 3.68. The minimum Gasteiger partial charge on any atom is -0.495 e. The molecule has 1 aromatic heterocycles. The largest absolute Gasteiger partial charge is 0.495 e. The van der Waals surface area contributed by atoms with E-state index in [1.165, 1.54) is 7.11 Å². The van der Waals surface area contributed by atoms with Gasteiger partial charge in [0.25, 0.3) is 10.0 Å². The highest BCUT2D eigenvalue weighted by Crippen LogP contribution is 2.26. The third kappa shape index (κ3) is 4.53. The molecule has 0 amide bonds. The Morgan fingerprint density at radius 3 is 2.11 bits per heavy atom. The number of aromatic nitrogens is 2. The smallest absolute Gasteiger partial charge is 0.266 e. The van der Waals surface area contributed by atoms with Crippen molar-refractivity contribution in [2.24, 2.45) is 0 Å². The summed E-state index contributed by atoms with van der Waals surface area (Å²) in [7, 11) is -2.43. The molecule has 0 aliphatic rings. The third-order valence-corrected chi connectivity index (χ3v) is 5.21. The maximum atomic E-state index is 12.7. The van der Waals surface area contributed by atoms with Crippen molar-refractivity contribution in [2.45, 2.75) is 18.7 Å². The molecular weight excluding hydrogens is 364 g/mol. The van der Waals surface area contributed by atoms with Crippen molar-refractivity contribution in [3.8, 4) is 5.75 Å². The second-order valence-electron chi connectivity index (χ2n) is 6.05. The topological polar surface area (TPSA) is 93.2 Å². The molecule has 3 rings (SSSR count). The molecule has 0 atom stereocenters. The number of hydrogen-bond acceptors (Lipinski definition) is 6. The molecule has 0 aliphatic carbocycles. The fraction of sp³-hybridized carbons (Fsp3) is 0.158. The van der Waals surface area contributed by atoms with E-state index >= 15 is 0 Å². The highest BCUT2D eigenvalue weighted by molar-refractivity contribution is 7.92. The number of sulfonamides is 1. The molecule has 2 aromatic carbocycles. The summed E-state index contributed by atoms with van der Waals surface area (Å²) in [6, 6.07) is 16.0. The Labute approximate surface area is 158 Å². The number of rotatable bonds is 6. The molecular formula is C19H20N4O3S. The van der Waals surface area contributed by atoms with Gasteiger partial charge in [0.05, 0.1) is 7.11 Å². The Bertz CT molecular complexity index is 1030. The third-order valence-electron chi connectivity index (χ3n) is 3.84. The number of benzene rings is 2. The first kappa shape index (κ1) is 18.7. The molecule has 0 bridgehead atoms. The van der Waals surface area contributed by atoms with Crippen LogP contribution in [0.2, 0.25) is 0 Å². The minimum absolute atomic E-state index is 0.0497. The van der Waals surface area contributed by atoms with Crippen molar-refractivity contribution >= 4 is 27.3 Å². The monoisotopic (exact) mass is 384 g/mol. The van der Waals surface area contributed by atoms with Crippen LogP contribution in [0.5, 0.6) is 5.75 Å². The number of ether oxygens (including phenoxy) is 1. The van der Waals surface area contributed by atoms with Gasteiger partial charge in [-0.2, -0.15) is 0 Å². The van der Waals surface area contributed by atoms with Crippen LogP contribution in [0.25, 0.3) is 0 Å². The van der Waals surface area contributed by atoms with Gasteiger partial charge in [-0.05, 0) is 55.8 Å². The summed E-state index contributed by atoms with van der Waals surface area (Å²) >= 11 is 0. The SMILES string of the molecule is COc1ccc(C)cc1S(=O)(=O)Nc1ccc(Nc2ccc(C)cc2)nn1. The van der Waals surface area contributed by atoms with Crippen molar-refractivity contribution in [1.29, 1.82) is 0 Å². The molecule has 3 aromatic rings. The zero-order valence-electron chi connectivity index (χ0n) is 15.2. The van der Waals surface area contributed by atoms with Crippen LogP contribution in [-0.2, 0) is 10.0 Å². The Balaban J connectivity index is 1.77. The van der Waals surface area contributed by atoms with Crippen LogP contribution in [0.1, 0.15) is 11.1 Å². The van der Waals surface area contributed by atoms with Gasteiger partial charge in [0, 0.05) is 5.69 Å². The number of nitrogens with zero attached hydrogens (tertiary/aromatic N) is 2. The molecule has 8 heteroatoms. The summed E-state index contributed by atoms with van der Waals surface area (Å²) < 4.78 is 32.9. The maximum Gasteiger partial charge on any atom is 0.266 e. The summed E-state index contributed by atoms with van der Waals surface area (Å²) in [6.07, 6.45) is 0. The molecule has 0 saturated carbocycles. The highest BCUT2D eigenvalue weighted by Gasteiger charge is 2.20. The van der Waals surface area contributed by atoms with E-state index in [2.05, 4.69) is 20.2 Å². The average molecular weight is 384 g/mol. The van der Waals surface area contributed by atoms with Crippen molar-refractivity contribution in [2.75, 3.05) is 17.1 Å². The van der Waals surface area contributed by atoms with Crippen LogP contribution in [0.15, 0.2) is 59.5 Å². The van der Waals surface area contributed by atoms with Gasteiger partial charge in [-0.3, -0.25) is 4.72 Å². The summed E-state index contributed by atoms with van der Waals surface area (Å²) in [5.41, 5.74) is 2.83. The predicted molar refractivity (Wildman–Crippen MR) is 105 cm³/mol. The molecule has 2 N–H and O–H groups in total. The van der Waals surface area contributed by atoms with Crippen LogP contribution in [0, 0.1) is 13.8 Å². The maximum absolute atomic E-state index is 12.7. The number of methoxy groups -OCH3 is 1. The first-order chi connectivity index (χ1) is 12.9. The van der Waals surface area contributed by atoms with Crippen LogP contribution in [-0.4, -0.2) is 25.7 Å². The summed E-state index contributed by atoms with van der Waals surface area (Å²) in [4.78, 5) is 0.0497. The molecule has 27 heavy (non-hydrogen) atoms. The first-order valence-electron chi connectivity index (χ1n) is 8.22. The van der Waals surface area contributed by atoms with E-state index in [-0.39, 0.29) is 16.5 Å². The number of nitrogens with one attached hydrogen (secondary N) is 2. The van der Waals surface area contributed by atoms with E-state index < -0.39 is 10.0 Å². The molecule has 0 spiro atoms. The molecule has 0 aliphatic heterocycles. The van der Waals surface area contributed by atoms with Gasteiger partial charge >= 0.3 is 0 Å². The van der Waals surface area contributed by atoms with Crippen molar-refractivity contribution < 1.29 is 13.2 Å². The molecule has 140 valence electrons. The van der Waals surface area contributed by atoms with E-state index in [0.717, 1.165) is 16.8 Å². The van der Waals surface area contributed by atoms with Gasteiger partial charge in [0.1, 0.15) is 10.6 Å². The standard InChI is InChI=1S/C19H20N4O3S/c1-13-4-7-15(8-5-13)20-18-10-11-19(22-21-18)23-27(24,25)17-12-14(2)6-9-16(17)26-3/h4-12H,1-3H3,(H,20,21)(H,22,23). The van der Waals surface area contributed by atoms with Gasteiger partial charge in [-0.1, -0.05) is 23.8 Å². The first-order valence-corrected chi connectivity index (χ1v) is 9.70. The number of anilines is 3. The zero-order chi connectivity index (χ0) is 19.4. The van der Waals surface area contributed by atoms with Crippen molar-refractivity contribution in [1.82, 2.24) is 10.2 Å². The molecule has 0 radical (unpaired) electrons. The second-order valence-corrected chi connectivity index (χ2v) is 7.71. The predicted octanol–water partition coefficient (Wildman–Crippen LogP) is 3.65. The Morgan fingerprint density at radius 1 is 0.852 bits per heavy atom. The molecule has 0 saturated heterocycles. The molecule has 0 unspecified atom stereocenters. The highest BCUT2D eigenvalue weighted by atomic mass is 32.2. The van der Waals surface area contributed by atoms with Crippen LogP contribution < -0.4 is 14.8 Å². The van der Waals surface area contributed by atoms with Crippen LogP contribution in [0.3, 0.4) is 0 Å². The molecule has 7 nitrogen and oxygen atoms in total. The van der Waals surface area contributed by atoms with Crippen LogP contribution in [0.4, 0.5) is 17.3 Å². The Kier molecular flexibility index (Phi) is 5.27. The van der Waals surface area contributed by atoms with Gasteiger partial charge in [0.15, 0.2) is 11.6 Å². The van der Waals surface area contributed by atoms with Gasteiger partial charge in [0.2, 0.25) is 0 Å². The van der Waals surface area contributed by atoms with Crippen molar-refractivity contribution in [3.63, 3.8) is 0 Å². The lowest BCUT2D eigenvalue weighted by molar-refractivity contribution is 0.402. The number of aryl methyl sites for hydroxylation is 2. The van der Waals surface area contributed by atoms with Gasteiger partial charge in [-0.25, -0.2) is 8.42 Å². The summed E-state index contributed by atoms with van der Waals surface area (Å²) in [5, 5.41) is 11.1. The summed E-state index contributed by atoms with van der Waals surface area (Å²) in [5.74, 6) is 0.890. The zero-order valence-corrected chi connectivity index (χ0v) is 16.0. The van der Waals surface area contributed by atoms with E-state index in [1.54, 1.807) is 30.3 Å². The van der Waals surface area contributed by atoms with Gasteiger partial charge < -0.3 is 10.1 Å². The molecule has 1 heterocycles. The fourth-order valence-electron chi connectivity index (χ4n) is 2.42. The van der Waals surface area contributed by atoms with E-state index in [1.807, 2.05) is 38.1 Å². The van der Waals surface area contributed by atoms with Crippen molar-refractivity contribution in [3.05, 3.63) is 65.7 Å². The van der Waals surface area contributed by atoms with E-state index in [4.69, 9.17) is 4.74 Å². The summed E-state index contributed by atoms with van der Waals surface area (Å²) in [6.45, 7) is 3.82. The lowest BCUT2D eigenvalue weighted by Crippen LogP contribution is -2.15. The van der Waals surface area contributed by atoms with E-state index in [0.29, 0.717) is 5.82 Å². The quantitative estimate of drug-likeness (QED) is 0.674.